The van der Waals surface area contributed by atoms with Crippen LogP contribution in [-0.4, -0.2) is 15.0 Å². The van der Waals surface area contributed by atoms with E-state index in [9.17, 15) is 4.79 Å². The van der Waals surface area contributed by atoms with Gasteiger partial charge in [-0.3, -0.25) is 4.98 Å². The smallest absolute Gasteiger partial charge is 0.290 e. The van der Waals surface area contributed by atoms with E-state index in [0.29, 0.717) is 5.65 Å². The molecular formula is C11H6BrN3O. The standard InChI is InChI=1S/C11H6BrN3O/c12-8-3-1-2-6-4-7-5-13-11(16)15-10(7)14-9(6)8/h1-5H,(H,13,14,15,16). The Morgan fingerprint density at radius 3 is 3.00 bits per heavy atom. The van der Waals surface area contributed by atoms with E-state index >= 15 is 0 Å². The van der Waals surface area contributed by atoms with Gasteiger partial charge in [0.2, 0.25) is 0 Å². The summed E-state index contributed by atoms with van der Waals surface area (Å²) in [6, 6.07) is 7.78. The van der Waals surface area contributed by atoms with Gasteiger partial charge >= 0.3 is 5.69 Å². The summed E-state index contributed by atoms with van der Waals surface area (Å²) >= 11 is 3.43. The number of fused-ring (bicyclic) bond motifs is 2. The van der Waals surface area contributed by atoms with Crippen LogP contribution < -0.4 is 5.69 Å². The average molecular weight is 276 g/mol. The van der Waals surface area contributed by atoms with Crippen LogP contribution in [0, 0.1) is 0 Å². The topological polar surface area (TPSA) is 58.6 Å². The van der Waals surface area contributed by atoms with Crippen molar-refractivity contribution < 1.29 is 0 Å². The molecule has 3 aromatic rings. The lowest BCUT2D eigenvalue weighted by Gasteiger charge is -2.01. The van der Waals surface area contributed by atoms with Gasteiger partial charge in [-0.15, -0.1) is 0 Å². The van der Waals surface area contributed by atoms with Crippen molar-refractivity contribution in [2.45, 2.75) is 0 Å². The van der Waals surface area contributed by atoms with E-state index in [1.807, 2.05) is 24.3 Å². The molecule has 2 aromatic heterocycles. The molecule has 78 valence electrons. The molecule has 2 heterocycles. The Hall–Kier alpha value is -1.75. The summed E-state index contributed by atoms with van der Waals surface area (Å²) in [7, 11) is 0. The monoisotopic (exact) mass is 275 g/mol. The van der Waals surface area contributed by atoms with Gasteiger partial charge in [-0.25, -0.2) is 14.8 Å². The van der Waals surface area contributed by atoms with Crippen molar-refractivity contribution in [2.75, 3.05) is 0 Å². The number of benzene rings is 1. The molecule has 0 radical (unpaired) electrons. The number of rotatable bonds is 0. The molecule has 0 amide bonds. The zero-order valence-electron chi connectivity index (χ0n) is 8.07. The number of para-hydroxylation sites is 1. The Labute approximate surface area is 98.5 Å². The molecule has 0 spiro atoms. The number of nitrogens with one attached hydrogen (secondary N) is 1. The average Bonchev–Trinajstić information content (AvgIpc) is 2.28. The van der Waals surface area contributed by atoms with E-state index in [-0.39, 0.29) is 5.69 Å². The van der Waals surface area contributed by atoms with Crippen LogP contribution in [0.4, 0.5) is 0 Å². The summed E-state index contributed by atoms with van der Waals surface area (Å²) in [5.41, 5.74) is 1.00. The van der Waals surface area contributed by atoms with Gasteiger partial charge in [0.05, 0.1) is 5.52 Å². The highest BCUT2D eigenvalue weighted by Crippen LogP contribution is 2.23. The molecule has 0 atom stereocenters. The Morgan fingerprint density at radius 2 is 2.12 bits per heavy atom. The van der Waals surface area contributed by atoms with Crippen LogP contribution in [0.2, 0.25) is 0 Å². The lowest BCUT2D eigenvalue weighted by Crippen LogP contribution is -2.09. The summed E-state index contributed by atoms with van der Waals surface area (Å²) < 4.78 is 0.907. The third kappa shape index (κ3) is 1.40. The molecule has 0 aliphatic heterocycles. The Balaban J connectivity index is 2.54. The molecule has 0 aliphatic rings. The number of hydrogen-bond acceptors (Lipinski definition) is 3. The number of aromatic amines is 1. The molecule has 0 bridgehead atoms. The van der Waals surface area contributed by atoms with Crippen LogP contribution in [0.15, 0.2) is 39.7 Å². The van der Waals surface area contributed by atoms with Gasteiger partial charge in [0.25, 0.3) is 0 Å². The first kappa shape index (κ1) is 9.47. The third-order valence-corrected chi connectivity index (χ3v) is 3.01. The maximum absolute atomic E-state index is 11.1. The molecule has 0 aliphatic carbocycles. The van der Waals surface area contributed by atoms with Crippen LogP contribution in [0.1, 0.15) is 0 Å². The van der Waals surface area contributed by atoms with Gasteiger partial charge in [-0.1, -0.05) is 12.1 Å². The van der Waals surface area contributed by atoms with Gasteiger partial charge in [0, 0.05) is 21.4 Å². The van der Waals surface area contributed by atoms with Crippen molar-refractivity contribution >= 4 is 37.9 Å². The molecule has 1 N–H and O–H groups in total. The number of halogens is 1. The molecule has 5 heteroatoms. The highest BCUT2D eigenvalue weighted by atomic mass is 79.9. The van der Waals surface area contributed by atoms with Gasteiger partial charge < -0.3 is 0 Å². The number of hydrogen-bond donors (Lipinski definition) is 1. The second kappa shape index (κ2) is 3.38. The third-order valence-electron chi connectivity index (χ3n) is 2.37. The van der Waals surface area contributed by atoms with Crippen LogP contribution in [-0.2, 0) is 0 Å². The highest BCUT2D eigenvalue weighted by Gasteiger charge is 2.03. The zero-order chi connectivity index (χ0) is 11.1. The summed E-state index contributed by atoms with van der Waals surface area (Å²) in [6.45, 7) is 0. The highest BCUT2D eigenvalue weighted by molar-refractivity contribution is 9.10. The predicted molar refractivity (Wildman–Crippen MR) is 65.4 cm³/mol. The second-order valence-corrected chi connectivity index (χ2v) is 4.28. The van der Waals surface area contributed by atoms with Gasteiger partial charge in [-0.05, 0) is 28.1 Å². The summed E-state index contributed by atoms with van der Waals surface area (Å²) in [6.07, 6.45) is 1.53. The lowest BCUT2D eigenvalue weighted by atomic mass is 10.2. The van der Waals surface area contributed by atoms with Crippen molar-refractivity contribution in [3.05, 3.63) is 45.4 Å². The first-order chi connectivity index (χ1) is 7.74. The fourth-order valence-corrected chi connectivity index (χ4v) is 2.11. The van der Waals surface area contributed by atoms with E-state index in [1.54, 1.807) is 0 Å². The van der Waals surface area contributed by atoms with Crippen LogP contribution in [0.5, 0.6) is 0 Å². The molecule has 4 nitrogen and oxygen atoms in total. The number of pyridine rings is 1. The van der Waals surface area contributed by atoms with Crippen LogP contribution in [0.3, 0.4) is 0 Å². The van der Waals surface area contributed by atoms with Crippen molar-refractivity contribution in [3.8, 4) is 0 Å². The van der Waals surface area contributed by atoms with Gasteiger partial charge in [0.15, 0.2) is 0 Å². The van der Waals surface area contributed by atoms with Crippen LogP contribution in [0.25, 0.3) is 21.9 Å². The largest absolute Gasteiger partial charge is 0.346 e. The second-order valence-electron chi connectivity index (χ2n) is 3.43. The predicted octanol–water partition coefficient (Wildman–Crippen LogP) is 2.23. The van der Waals surface area contributed by atoms with Gasteiger partial charge in [0.1, 0.15) is 5.65 Å². The Morgan fingerprint density at radius 1 is 1.25 bits per heavy atom. The van der Waals surface area contributed by atoms with E-state index < -0.39 is 0 Å². The number of nitrogens with zero attached hydrogens (tertiary/aromatic N) is 2. The lowest BCUT2D eigenvalue weighted by molar-refractivity contribution is 1.10. The summed E-state index contributed by atoms with van der Waals surface area (Å²) in [5, 5.41) is 1.83. The minimum Gasteiger partial charge on any atom is -0.290 e. The maximum Gasteiger partial charge on any atom is 0.346 e. The Kier molecular flexibility index (Phi) is 2.00. The molecule has 16 heavy (non-hydrogen) atoms. The number of H-pyrrole nitrogens is 1. The van der Waals surface area contributed by atoms with Crippen LogP contribution >= 0.6 is 15.9 Å². The molecule has 0 saturated heterocycles. The first-order valence-electron chi connectivity index (χ1n) is 4.68. The van der Waals surface area contributed by atoms with Crippen molar-refractivity contribution in [2.24, 2.45) is 0 Å². The first-order valence-corrected chi connectivity index (χ1v) is 5.48. The Bertz CT molecular complexity index is 751. The maximum atomic E-state index is 11.1. The van der Waals surface area contributed by atoms with Crippen molar-refractivity contribution in [1.82, 2.24) is 15.0 Å². The fraction of sp³-hybridized carbons (Fsp3) is 0. The van der Waals surface area contributed by atoms with E-state index in [4.69, 9.17) is 0 Å². The summed E-state index contributed by atoms with van der Waals surface area (Å²) in [5.74, 6) is 0. The zero-order valence-corrected chi connectivity index (χ0v) is 9.65. The van der Waals surface area contributed by atoms with E-state index in [0.717, 1.165) is 20.8 Å². The van der Waals surface area contributed by atoms with E-state index in [1.165, 1.54) is 6.20 Å². The molecule has 0 unspecified atom stereocenters. The SMILES string of the molecule is O=c1ncc2cc3cccc(Br)c3nc2[nH]1. The molecule has 0 fully saturated rings. The molecule has 3 rings (SSSR count). The molecule has 0 saturated carbocycles. The molecule has 1 aromatic carbocycles. The minimum atomic E-state index is -0.383. The normalized spacial score (nSPS) is 11.1. The van der Waals surface area contributed by atoms with Crippen molar-refractivity contribution in [3.63, 3.8) is 0 Å². The fourth-order valence-electron chi connectivity index (χ4n) is 1.64. The van der Waals surface area contributed by atoms with Gasteiger partial charge in [-0.2, -0.15) is 0 Å². The molecular weight excluding hydrogens is 270 g/mol. The summed E-state index contributed by atoms with van der Waals surface area (Å²) in [4.78, 5) is 21.8. The van der Waals surface area contributed by atoms with Crippen molar-refractivity contribution in [1.29, 1.82) is 0 Å². The van der Waals surface area contributed by atoms with E-state index in [2.05, 4.69) is 30.9 Å². The number of aromatic nitrogens is 3. The quantitative estimate of drug-likeness (QED) is 0.640. The minimum absolute atomic E-state index is 0.383.